The molecular formula is C17H15F3IN5O. The van der Waals surface area contributed by atoms with Crippen LogP contribution in [0.5, 0.6) is 0 Å². The monoisotopic (exact) mass is 489 g/mol. The Morgan fingerprint density at radius 1 is 1.19 bits per heavy atom. The number of hydrogen-bond acceptors (Lipinski definition) is 4. The molecule has 1 amide bonds. The first-order valence-corrected chi connectivity index (χ1v) is 9.08. The molecule has 0 saturated heterocycles. The van der Waals surface area contributed by atoms with Crippen molar-refractivity contribution in [3.63, 3.8) is 0 Å². The minimum Gasteiger partial charge on any atom is -0.326 e. The molecule has 6 nitrogen and oxygen atoms in total. The van der Waals surface area contributed by atoms with Crippen LogP contribution in [0.25, 0.3) is 5.78 Å². The van der Waals surface area contributed by atoms with Gasteiger partial charge in [0.25, 0.3) is 11.6 Å². The molecule has 3 aromatic rings. The predicted octanol–water partition coefficient (Wildman–Crippen LogP) is 3.94. The van der Waals surface area contributed by atoms with Gasteiger partial charge in [-0.15, -0.1) is 5.10 Å². The molecule has 2 aromatic heterocycles. The molecule has 27 heavy (non-hydrogen) atoms. The second-order valence-electron chi connectivity index (χ2n) is 5.96. The van der Waals surface area contributed by atoms with Gasteiger partial charge in [-0.25, -0.2) is 9.50 Å². The van der Waals surface area contributed by atoms with E-state index in [9.17, 15) is 18.0 Å². The molecule has 0 aliphatic carbocycles. The Kier molecular flexibility index (Phi) is 5.36. The Bertz CT molecular complexity index is 998. The summed E-state index contributed by atoms with van der Waals surface area (Å²) in [4.78, 5) is 19.7. The normalized spacial score (nSPS) is 11.8. The average Bonchev–Trinajstić information content (AvgIpc) is 3.01. The molecule has 2 heterocycles. The molecule has 1 aromatic carbocycles. The number of hydrogen-bond donors (Lipinski definition) is 1. The molecule has 0 aliphatic heterocycles. The van der Waals surface area contributed by atoms with Gasteiger partial charge in [0.15, 0.2) is 0 Å². The molecule has 142 valence electrons. The number of nitrogens with one attached hydrogen (secondary N) is 1. The van der Waals surface area contributed by atoms with Crippen molar-refractivity contribution in [2.45, 2.75) is 32.9 Å². The summed E-state index contributed by atoms with van der Waals surface area (Å²) in [5.41, 5.74) is 2.39. The van der Waals surface area contributed by atoms with E-state index >= 15 is 0 Å². The fourth-order valence-corrected chi connectivity index (χ4v) is 3.05. The van der Waals surface area contributed by atoms with Crippen LogP contribution in [0.2, 0.25) is 0 Å². The average molecular weight is 489 g/mol. The molecule has 0 bridgehead atoms. The van der Waals surface area contributed by atoms with Gasteiger partial charge in [-0.2, -0.15) is 18.2 Å². The van der Waals surface area contributed by atoms with Crippen molar-refractivity contribution in [3.8, 4) is 0 Å². The highest BCUT2D eigenvalue weighted by molar-refractivity contribution is 14.1. The third-order valence-electron chi connectivity index (χ3n) is 4.03. The summed E-state index contributed by atoms with van der Waals surface area (Å²) in [6, 6.07) is 7.37. The summed E-state index contributed by atoms with van der Waals surface area (Å²) in [5.74, 6) is -1.53. The van der Waals surface area contributed by atoms with E-state index in [1.165, 1.54) is 0 Å². The van der Waals surface area contributed by atoms with Crippen LogP contribution in [0.1, 0.15) is 29.2 Å². The van der Waals surface area contributed by atoms with E-state index in [1.807, 2.05) is 12.1 Å². The first kappa shape index (κ1) is 19.5. The molecule has 0 atom stereocenters. The number of amides is 1. The Hall–Kier alpha value is -2.24. The molecule has 1 N–H and O–H groups in total. The molecule has 0 unspecified atom stereocenters. The summed E-state index contributed by atoms with van der Waals surface area (Å²) >= 11 is 2.17. The zero-order chi connectivity index (χ0) is 19.8. The van der Waals surface area contributed by atoms with Crippen LogP contribution >= 0.6 is 22.6 Å². The number of carbonyl (C=O) groups is 1. The van der Waals surface area contributed by atoms with Crippen LogP contribution < -0.4 is 5.32 Å². The van der Waals surface area contributed by atoms with Crippen LogP contribution in [0, 0.1) is 17.4 Å². The van der Waals surface area contributed by atoms with E-state index < -0.39 is 12.0 Å². The minimum atomic E-state index is -4.64. The van der Waals surface area contributed by atoms with E-state index in [0.717, 1.165) is 8.09 Å². The first-order chi connectivity index (χ1) is 12.6. The van der Waals surface area contributed by atoms with E-state index in [1.54, 1.807) is 26.0 Å². The van der Waals surface area contributed by atoms with Crippen molar-refractivity contribution in [2.75, 3.05) is 5.32 Å². The number of fused-ring (bicyclic) bond motifs is 1. The number of benzene rings is 1. The zero-order valence-corrected chi connectivity index (χ0v) is 16.6. The third-order valence-corrected chi connectivity index (χ3v) is 4.75. The van der Waals surface area contributed by atoms with Gasteiger partial charge in [-0.05, 0) is 72.7 Å². The molecule has 0 spiro atoms. The van der Waals surface area contributed by atoms with Gasteiger partial charge in [-0.1, -0.05) is 0 Å². The number of anilines is 1. The summed E-state index contributed by atoms with van der Waals surface area (Å²) in [6.07, 6.45) is -4.14. The quantitative estimate of drug-likeness (QED) is 0.564. The van der Waals surface area contributed by atoms with Crippen molar-refractivity contribution < 1.29 is 18.0 Å². The SMILES string of the molecule is Cc1nc2nc(C(F)(F)F)nn2c(C)c1CCC(=O)Nc1ccc(I)cc1. The van der Waals surface area contributed by atoms with E-state index in [0.29, 0.717) is 29.1 Å². The minimum absolute atomic E-state index is 0.107. The lowest BCUT2D eigenvalue weighted by atomic mass is 10.1. The van der Waals surface area contributed by atoms with Crippen LogP contribution in [0.3, 0.4) is 0 Å². The van der Waals surface area contributed by atoms with E-state index in [4.69, 9.17) is 0 Å². The summed E-state index contributed by atoms with van der Waals surface area (Å²) in [7, 11) is 0. The Morgan fingerprint density at radius 2 is 1.85 bits per heavy atom. The first-order valence-electron chi connectivity index (χ1n) is 8.00. The molecule has 10 heteroatoms. The molecular weight excluding hydrogens is 474 g/mol. The van der Waals surface area contributed by atoms with Gasteiger partial charge in [0, 0.05) is 27.1 Å². The molecule has 0 saturated carbocycles. The lowest BCUT2D eigenvalue weighted by Crippen LogP contribution is -2.14. The summed E-state index contributed by atoms with van der Waals surface area (Å²) in [6.45, 7) is 3.32. The van der Waals surface area contributed by atoms with E-state index in [-0.39, 0.29) is 18.1 Å². The second kappa shape index (κ2) is 7.41. The van der Waals surface area contributed by atoms with Crippen molar-refractivity contribution in [3.05, 3.63) is 50.6 Å². The number of carbonyl (C=O) groups excluding carboxylic acids is 1. The van der Waals surface area contributed by atoms with Crippen LogP contribution in [0.15, 0.2) is 24.3 Å². The molecule has 3 rings (SSSR count). The fourth-order valence-electron chi connectivity index (χ4n) is 2.69. The molecule has 0 aliphatic rings. The van der Waals surface area contributed by atoms with Crippen molar-refractivity contribution in [1.82, 2.24) is 19.6 Å². The third kappa shape index (κ3) is 4.37. The maximum Gasteiger partial charge on any atom is 0.453 e. The maximum absolute atomic E-state index is 12.8. The van der Waals surface area contributed by atoms with Crippen LogP contribution in [0.4, 0.5) is 18.9 Å². The van der Waals surface area contributed by atoms with Crippen LogP contribution in [-0.4, -0.2) is 25.5 Å². The van der Waals surface area contributed by atoms with Gasteiger partial charge in [0.2, 0.25) is 5.91 Å². The standard InChI is InChI=1S/C17H15F3IN5O/c1-9-13(7-8-14(27)23-12-5-3-11(21)4-6-12)10(2)26-16(22-9)24-15(25-26)17(18,19)20/h3-6H,7-8H2,1-2H3,(H,23,27). The number of aromatic nitrogens is 4. The van der Waals surface area contributed by atoms with Crippen LogP contribution in [-0.2, 0) is 17.4 Å². The highest BCUT2D eigenvalue weighted by Gasteiger charge is 2.36. The van der Waals surface area contributed by atoms with Crippen molar-refractivity contribution in [1.29, 1.82) is 0 Å². The van der Waals surface area contributed by atoms with Gasteiger partial charge < -0.3 is 5.32 Å². The number of aryl methyl sites for hydroxylation is 2. The number of nitrogens with zero attached hydrogens (tertiary/aromatic N) is 4. The highest BCUT2D eigenvalue weighted by atomic mass is 127. The molecule has 0 radical (unpaired) electrons. The summed E-state index contributed by atoms with van der Waals surface area (Å²) < 4.78 is 40.6. The van der Waals surface area contributed by atoms with Crippen molar-refractivity contribution in [2.24, 2.45) is 0 Å². The largest absolute Gasteiger partial charge is 0.453 e. The lowest BCUT2D eigenvalue weighted by molar-refractivity contribution is -0.144. The highest BCUT2D eigenvalue weighted by Crippen LogP contribution is 2.27. The predicted molar refractivity (Wildman–Crippen MR) is 101 cm³/mol. The van der Waals surface area contributed by atoms with Gasteiger partial charge in [-0.3, -0.25) is 4.79 Å². The van der Waals surface area contributed by atoms with E-state index in [2.05, 4.69) is 43.0 Å². The maximum atomic E-state index is 12.8. The number of rotatable bonds is 4. The summed E-state index contributed by atoms with van der Waals surface area (Å²) in [5, 5.41) is 6.30. The Balaban J connectivity index is 1.78. The van der Waals surface area contributed by atoms with Gasteiger partial charge in [0.1, 0.15) is 0 Å². The topological polar surface area (TPSA) is 72.2 Å². The Labute approximate surface area is 166 Å². The fraction of sp³-hybridized carbons (Fsp3) is 0.294. The van der Waals surface area contributed by atoms with Crippen molar-refractivity contribution >= 4 is 40.0 Å². The van der Waals surface area contributed by atoms with Gasteiger partial charge in [0.05, 0.1) is 0 Å². The smallest absolute Gasteiger partial charge is 0.326 e. The van der Waals surface area contributed by atoms with Gasteiger partial charge >= 0.3 is 6.18 Å². The Morgan fingerprint density at radius 3 is 2.48 bits per heavy atom. The zero-order valence-electron chi connectivity index (χ0n) is 14.4. The number of alkyl halides is 3. The number of halogens is 4. The molecule has 0 fully saturated rings. The lowest BCUT2D eigenvalue weighted by Gasteiger charge is -2.10. The second-order valence-corrected chi connectivity index (χ2v) is 7.21.